The lowest BCUT2D eigenvalue weighted by Crippen LogP contribution is -2.63. The summed E-state index contributed by atoms with van der Waals surface area (Å²) in [4.78, 5) is 2.81. The van der Waals surface area contributed by atoms with Crippen LogP contribution in [0.3, 0.4) is 0 Å². The maximum Gasteiger partial charge on any atom is 0.0309 e. The van der Waals surface area contributed by atoms with Gasteiger partial charge >= 0.3 is 0 Å². The van der Waals surface area contributed by atoms with Gasteiger partial charge < -0.3 is 5.32 Å². The largest absolute Gasteiger partial charge is 0.308 e. The van der Waals surface area contributed by atoms with E-state index in [1.165, 1.54) is 77.4 Å². The van der Waals surface area contributed by atoms with Gasteiger partial charge in [0.25, 0.3) is 0 Å². The van der Waals surface area contributed by atoms with Crippen LogP contribution in [0.5, 0.6) is 0 Å². The molecule has 2 aliphatic carbocycles. The van der Waals surface area contributed by atoms with E-state index in [1.54, 1.807) is 5.57 Å². The van der Waals surface area contributed by atoms with Gasteiger partial charge in [0.15, 0.2) is 0 Å². The zero-order chi connectivity index (χ0) is 13.1. The van der Waals surface area contributed by atoms with Gasteiger partial charge in [-0.2, -0.15) is 0 Å². The average molecular weight is 262 g/mol. The third-order valence-corrected chi connectivity index (χ3v) is 5.62. The van der Waals surface area contributed by atoms with E-state index < -0.39 is 0 Å². The Labute approximate surface area is 118 Å². The van der Waals surface area contributed by atoms with Crippen LogP contribution in [-0.4, -0.2) is 36.1 Å². The highest BCUT2D eigenvalue weighted by molar-refractivity contribution is 5.08. The Bertz CT molecular complexity index is 328. The smallest absolute Gasteiger partial charge is 0.0309 e. The van der Waals surface area contributed by atoms with Crippen LogP contribution in [0.15, 0.2) is 11.6 Å². The molecule has 1 aliphatic heterocycles. The summed E-state index contributed by atoms with van der Waals surface area (Å²) in [5.41, 5.74) is 2.21. The molecule has 2 nitrogen and oxygen atoms in total. The van der Waals surface area contributed by atoms with E-state index in [9.17, 15) is 0 Å². The summed E-state index contributed by atoms with van der Waals surface area (Å²) in [7, 11) is 0. The molecule has 1 unspecified atom stereocenters. The summed E-state index contributed by atoms with van der Waals surface area (Å²) in [6.07, 6.45) is 14.9. The van der Waals surface area contributed by atoms with Gasteiger partial charge in [-0.1, -0.05) is 31.4 Å². The zero-order valence-corrected chi connectivity index (χ0v) is 12.6. The Balaban J connectivity index is 1.58. The van der Waals surface area contributed by atoms with Crippen molar-refractivity contribution in [2.24, 2.45) is 0 Å². The minimum Gasteiger partial charge on any atom is -0.308 e. The molecule has 2 heteroatoms. The predicted octanol–water partition coefficient (Wildman–Crippen LogP) is 3.48. The molecule has 1 saturated heterocycles. The summed E-state index contributed by atoms with van der Waals surface area (Å²) in [6, 6.07) is 0.772. The monoisotopic (exact) mass is 262 g/mol. The van der Waals surface area contributed by atoms with E-state index in [-0.39, 0.29) is 0 Å². The molecule has 2 fully saturated rings. The molecule has 1 spiro atoms. The van der Waals surface area contributed by atoms with Crippen molar-refractivity contribution in [2.45, 2.75) is 76.3 Å². The number of nitrogens with one attached hydrogen (secondary N) is 1. The Hall–Kier alpha value is -0.340. The first-order valence-electron chi connectivity index (χ1n) is 8.48. The van der Waals surface area contributed by atoms with E-state index in [1.807, 2.05) is 0 Å². The Morgan fingerprint density at radius 1 is 1.32 bits per heavy atom. The molecule has 19 heavy (non-hydrogen) atoms. The molecule has 3 rings (SSSR count). The van der Waals surface area contributed by atoms with Crippen molar-refractivity contribution in [2.75, 3.05) is 19.6 Å². The topological polar surface area (TPSA) is 15.3 Å². The molecule has 108 valence electrons. The van der Waals surface area contributed by atoms with Crippen molar-refractivity contribution < 1.29 is 0 Å². The fourth-order valence-corrected chi connectivity index (χ4v) is 4.34. The summed E-state index contributed by atoms with van der Waals surface area (Å²) in [5.74, 6) is 0. The number of nitrogens with zero attached hydrogens (tertiary/aromatic N) is 1. The van der Waals surface area contributed by atoms with Crippen molar-refractivity contribution in [3.63, 3.8) is 0 Å². The van der Waals surface area contributed by atoms with Gasteiger partial charge in [-0.15, -0.1) is 0 Å². The summed E-state index contributed by atoms with van der Waals surface area (Å²) in [5, 5.41) is 3.90. The fraction of sp³-hybridized carbons (Fsp3) is 0.882. The van der Waals surface area contributed by atoms with Crippen LogP contribution in [0.25, 0.3) is 0 Å². The lowest BCUT2D eigenvalue weighted by atomic mass is 9.91. The fourth-order valence-electron chi connectivity index (χ4n) is 4.34. The zero-order valence-electron chi connectivity index (χ0n) is 12.6. The third-order valence-electron chi connectivity index (χ3n) is 5.62. The van der Waals surface area contributed by atoms with Gasteiger partial charge in [-0.3, -0.25) is 4.90 Å². The number of hydrogen-bond acceptors (Lipinski definition) is 2. The maximum atomic E-state index is 3.90. The van der Waals surface area contributed by atoms with Gasteiger partial charge in [0, 0.05) is 31.2 Å². The lowest BCUT2D eigenvalue weighted by Gasteiger charge is -2.46. The second kappa shape index (κ2) is 5.97. The molecule has 0 aromatic heterocycles. The first kappa shape index (κ1) is 13.6. The van der Waals surface area contributed by atoms with Gasteiger partial charge in [0.2, 0.25) is 0 Å². The molecule has 1 atom stereocenters. The van der Waals surface area contributed by atoms with Crippen LogP contribution in [0.1, 0.15) is 64.7 Å². The highest BCUT2D eigenvalue weighted by Gasteiger charge is 2.40. The van der Waals surface area contributed by atoms with Crippen molar-refractivity contribution in [3.8, 4) is 0 Å². The number of allylic oxidation sites excluding steroid dienone is 1. The molecule has 0 bridgehead atoms. The van der Waals surface area contributed by atoms with Crippen LogP contribution >= 0.6 is 0 Å². The predicted molar refractivity (Wildman–Crippen MR) is 81.4 cm³/mol. The van der Waals surface area contributed by atoms with Crippen molar-refractivity contribution in [1.82, 2.24) is 10.2 Å². The number of hydrogen-bond donors (Lipinski definition) is 1. The van der Waals surface area contributed by atoms with Crippen LogP contribution < -0.4 is 5.32 Å². The van der Waals surface area contributed by atoms with Gasteiger partial charge in [0.05, 0.1) is 0 Å². The SMILES string of the molecule is CCC1CNC2(CCCC2)CN1CCC1=CCCC1. The summed E-state index contributed by atoms with van der Waals surface area (Å²) in [6.45, 7) is 6.17. The summed E-state index contributed by atoms with van der Waals surface area (Å²) < 4.78 is 0. The van der Waals surface area contributed by atoms with Crippen molar-refractivity contribution in [1.29, 1.82) is 0 Å². The van der Waals surface area contributed by atoms with Crippen LogP contribution in [0, 0.1) is 0 Å². The van der Waals surface area contributed by atoms with E-state index >= 15 is 0 Å². The van der Waals surface area contributed by atoms with Crippen molar-refractivity contribution in [3.05, 3.63) is 11.6 Å². The molecule has 0 aromatic carbocycles. The standard InChI is InChI=1S/C17H30N2/c1-2-16-13-18-17(10-5-6-11-17)14-19(16)12-9-15-7-3-4-8-15/h7,16,18H,2-6,8-14H2,1H3. The van der Waals surface area contributed by atoms with E-state index in [0.29, 0.717) is 5.54 Å². The molecule has 1 N–H and O–H groups in total. The second-order valence-corrected chi connectivity index (χ2v) is 6.91. The highest BCUT2D eigenvalue weighted by atomic mass is 15.3. The van der Waals surface area contributed by atoms with E-state index in [4.69, 9.17) is 0 Å². The molecule has 1 heterocycles. The van der Waals surface area contributed by atoms with Gasteiger partial charge in [0.1, 0.15) is 0 Å². The molecule has 0 aromatic rings. The molecule has 3 aliphatic rings. The van der Waals surface area contributed by atoms with Crippen molar-refractivity contribution >= 4 is 0 Å². The van der Waals surface area contributed by atoms with Crippen LogP contribution in [0.4, 0.5) is 0 Å². The number of piperazine rings is 1. The lowest BCUT2D eigenvalue weighted by molar-refractivity contribution is 0.0793. The minimum atomic E-state index is 0.482. The normalized spacial score (nSPS) is 31.0. The van der Waals surface area contributed by atoms with E-state index in [0.717, 1.165) is 6.04 Å². The Morgan fingerprint density at radius 2 is 2.16 bits per heavy atom. The van der Waals surface area contributed by atoms with Crippen LogP contribution in [-0.2, 0) is 0 Å². The Kier molecular flexibility index (Phi) is 4.28. The van der Waals surface area contributed by atoms with Gasteiger partial charge in [-0.05, 0) is 44.9 Å². The van der Waals surface area contributed by atoms with Crippen LogP contribution in [0.2, 0.25) is 0 Å². The Morgan fingerprint density at radius 3 is 2.84 bits per heavy atom. The molecule has 0 amide bonds. The molecule has 0 radical (unpaired) electrons. The first-order chi connectivity index (χ1) is 9.31. The summed E-state index contributed by atoms with van der Waals surface area (Å²) >= 11 is 0. The minimum absolute atomic E-state index is 0.482. The average Bonchev–Trinajstić information content (AvgIpc) is 3.09. The third kappa shape index (κ3) is 3.05. The van der Waals surface area contributed by atoms with Gasteiger partial charge in [-0.25, -0.2) is 0 Å². The first-order valence-corrected chi connectivity index (χ1v) is 8.48. The van der Waals surface area contributed by atoms with E-state index in [2.05, 4.69) is 23.2 Å². The second-order valence-electron chi connectivity index (χ2n) is 6.91. The molecular weight excluding hydrogens is 232 g/mol. The highest BCUT2D eigenvalue weighted by Crippen LogP contribution is 2.34. The molecule has 1 saturated carbocycles. The number of rotatable bonds is 4. The maximum absolute atomic E-state index is 3.90. The molecular formula is C17H30N2. The quantitative estimate of drug-likeness (QED) is 0.780.